The van der Waals surface area contributed by atoms with Crippen molar-refractivity contribution in [1.29, 1.82) is 0 Å². The summed E-state index contributed by atoms with van der Waals surface area (Å²) in [5, 5.41) is 0. The van der Waals surface area contributed by atoms with Crippen molar-refractivity contribution < 1.29 is 28.6 Å². The Balaban J connectivity index is 1.68. The predicted molar refractivity (Wildman–Crippen MR) is 108 cm³/mol. The van der Waals surface area contributed by atoms with Gasteiger partial charge in [-0.25, -0.2) is 4.79 Å². The van der Waals surface area contributed by atoms with E-state index in [0.29, 0.717) is 13.0 Å². The van der Waals surface area contributed by atoms with Gasteiger partial charge in [0.15, 0.2) is 5.78 Å². The molecule has 164 valence electrons. The predicted octanol–water partition coefficient (Wildman–Crippen LogP) is 2.39. The van der Waals surface area contributed by atoms with Crippen molar-refractivity contribution in [1.82, 2.24) is 4.90 Å². The minimum atomic E-state index is -1.17. The summed E-state index contributed by atoms with van der Waals surface area (Å²) in [6.45, 7) is 5.91. The molecule has 0 radical (unpaired) electrons. The number of hydrogen-bond donors (Lipinski definition) is 1. The third kappa shape index (κ3) is 5.17. The summed E-state index contributed by atoms with van der Waals surface area (Å²) in [7, 11) is 0. The summed E-state index contributed by atoms with van der Waals surface area (Å²) in [6, 6.07) is 7.71. The van der Waals surface area contributed by atoms with E-state index in [0.717, 1.165) is 18.4 Å². The van der Waals surface area contributed by atoms with Crippen molar-refractivity contribution in [2.45, 2.75) is 70.6 Å². The Morgan fingerprint density at radius 1 is 1.20 bits per heavy atom. The molecule has 0 saturated carbocycles. The molecular formula is C22H30N2O6. The average Bonchev–Trinajstić information content (AvgIpc) is 2.98. The van der Waals surface area contributed by atoms with Crippen LogP contribution in [0.15, 0.2) is 30.3 Å². The number of carbonyl (C=O) groups is 3. The van der Waals surface area contributed by atoms with Gasteiger partial charge in [0.2, 0.25) is 6.29 Å². The lowest BCUT2D eigenvalue weighted by Gasteiger charge is -2.36. The first-order valence-corrected chi connectivity index (χ1v) is 10.3. The van der Waals surface area contributed by atoms with Crippen LogP contribution in [0.4, 0.5) is 4.79 Å². The highest BCUT2D eigenvalue weighted by Crippen LogP contribution is 2.29. The van der Waals surface area contributed by atoms with Gasteiger partial charge in [0, 0.05) is 6.54 Å². The first kappa shape index (κ1) is 22.2. The molecule has 0 spiro atoms. The van der Waals surface area contributed by atoms with E-state index in [9.17, 15) is 14.4 Å². The Kier molecular flexibility index (Phi) is 6.77. The Labute approximate surface area is 176 Å². The molecule has 4 unspecified atom stereocenters. The van der Waals surface area contributed by atoms with Crippen molar-refractivity contribution >= 4 is 17.8 Å². The van der Waals surface area contributed by atoms with Crippen molar-refractivity contribution in [3.63, 3.8) is 0 Å². The number of benzene rings is 1. The molecule has 2 saturated heterocycles. The largest absolute Gasteiger partial charge is 0.444 e. The molecule has 8 heteroatoms. The summed E-state index contributed by atoms with van der Waals surface area (Å²) in [5.41, 5.74) is 6.40. The van der Waals surface area contributed by atoms with E-state index in [2.05, 4.69) is 0 Å². The molecule has 2 heterocycles. The van der Waals surface area contributed by atoms with Gasteiger partial charge >= 0.3 is 12.1 Å². The minimum absolute atomic E-state index is 0.209. The first-order chi connectivity index (χ1) is 14.2. The molecule has 1 aromatic carbocycles. The molecule has 1 aromatic rings. The number of hydrogen-bond acceptors (Lipinski definition) is 7. The van der Waals surface area contributed by atoms with Gasteiger partial charge in [-0.2, -0.15) is 0 Å². The second-order valence-electron chi connectivity index (χ2n) is 8.74. The smallest absolute Gasteiger partial charge is 0.410 e. The van der Waals surface area contributed by atoms with Crippen LogP contribution in [0.5, 0.6) is 0 Å². The number of carbonyl (C=O) groups excluding carboxylic acids is 3. The van der Waals surface area contributed by atoms with E-state index in [1.807, 2.05) is 30.3 Å². The standard InChI is InChI=1S/C22H30N2O6/c1-22(2,3)30-21(27)24-12-8-7-11-15(24)18(25)16-17(23)20(29-19(16)26)28-13-14-9-5-4-6-10-14/h4-6,9-10,15-17,20H,7-8,11-13,23H2,1-3H3. The quantitative estimate of drug-likeness (QED) is 0.578. The lowest BCUT2D eigenvalue weighted by molar-refractivity contribution is -0.167. The number of ketones is 1. The molecular weight excluding hydrogens is 388 g/mol. The monoisotopic (exact) mass is 418 g/mol. The number of esters is 1. The van der Waals surface area contributed by atoms with Crippen LogP contribution in [0.1, 0.15) is 45.6 Å². The van der Waals surface area contributed by atoms with Crippen LogP contribution < -0.4 is 5.73 Å². The molecule has 0 aromatic heterocycles. The summed E-state index contributed by atoms with van der Waals surface area (Å²) < 4.78 is 16.4. The molecule has 30 heavy (non-hydrogen) atoms. The van der Waals surface area contributed by atoms with Crippen molar-refractivity contribution in [2.75, 3.05) is 6.54 Å². The molecule has 4 atom stereocenters. The summed E-state index contributed by atoms with van der Waals surface area (Å²) >= 11 is 0. The molecule has 2 N–H and O–H groups in total. The normalized spacial score (nSPS) is 26.9. The van der Waals surface area contributed by atoms with Crippen LogP contribution >= 0.6 is 0 Å². The Bertz CT molecular complexity index is 776. The summed E-state index contributed by atoms with van der Waals surface area (Å²) in [4.78, 5) is 39.7. The van der Waals surface area contributed by atoms with Crippen molar-refractivity contribution in [3.05, 3.63) is 35.9 Å². The molecule has 2 fully saturated rings. The number of likely N-dealkylation sites (tertiary alicyclic amines) is 1. The number of rotatable bonds is 5. The van der Waals surface area contributed by atoms with Gasteiger partial charge in [0.25, 0.3) is 0 Å². The lowest BCUT2D eigenvalue weighted by Crippen LogP contribution is -2.54. The van der Waals surface area contributed by atoms with Gasteiger partial charge in [-0.1, -0.05) is 30.3 Å². The average molecular weight is 418 g/mol. The first-order valence-electron chi connectivity index (χ1n) is 10.3. The summed E-state index contributed by atoms with van der Waals surface area (Å²) in [6.07, 6.45) is 0.445. The topological polar surface area (TPSA) is 108 Å². The number of ether oxygens (including phenoxy) is 3. The van der Waals surface area contributed by atoms with Crippen molar-refractivity contribution in [2.24, 2.45) is 11.7 Å². The zero-order chi connectivity index (χ0) is 21.9. The van der Waals surface area contributed by atoms with Gasteiger partial charge in [-0.15, -0.1) is 0 Å². The van der Waals surface area contributed by atoms with E-state index in [1.54, 1.807) is 20.8 Å². The fraction of sp³-hybridized carbons (Fsp3) is 0.591. The number of amides is 1. The number of nitrogens with zero attached hydrogens (tertiary/aromatic N) is 1. The Morgan fingerprint density at radius 3 is 2.57 bits per heavy atom. The van der Waals surface area contributed by atoms with E-state index < -0.39 is 47.7 Å². The molecule has 3 rings (SSSR count). The molecule has 2 aliphatic heterocycles. The van der Waals surface area contributed by atoms with Crippen LogP contribution in [-0.4, -0.2) is 53.3 Å². The highest BCUT2D eigenvalue weighted by Gasteiger charge is 2.51. The maximum Gasteiger partial charge on any atom is 0.410 e. The fourth-order valence-corrected chi connectivity index (χ4v) is 3.76. The SMILES string of the molecule is CC(C)(C)OC(=O)N1CCCCC1C(=O)C1C(=O)OC(OCc2ccccc2)C1N. The maximum absolute atomic E-state index is 13.2. The van der Waals surface area contributed by atoms with E-state index in [4.69, 9.17) is 19.9 Å². The maximum atomic E-state index is 13.2. The second-order valence-corrected chi connectivity index (χ2v) is 8.74. The number of nitrogens with two attached hydrogens (primary N) is 1. The zero-order valence-corrected chi connectivity index (χ0v) is 17.7. The Hall–Kier alpha value is -2.45. The van der Waals surface area contributed by atoms with Gasteiger partial charge in [0.05, 0.1) is 18.7 Å². The highest BCUT2D eigenvalue weighted by molar-refractivity contribution is 6.04. The van der Waals surface area contributed by atoms with Crippen molar-refractivity contribution in [3.8, 4) is 0 Å². The van der Waals surface area contributed by atoms with Crippen LogP contribution in [0.3, 0.4) is 0 Å². The lowest BCUT2D eigenvalue weighted by atomic mass is 9.88. The van der Waals surface area contributed by atoms with Crippen LogP contribution in [-0.2, 0) is 30.4 Å². The fourth-order valence-electron chi connectivity index (χ4n) is 3.76. The third-order valence-electron chi connectivity index (χ3n) is 5.21. The number of piperidine rings is 1. The molecule has 2 aliphatic rings. The second kappa shape index (κ2) is 9.14. The van der Waals surface area contributed by atoms with E-state index in [-0.39, 0.29) is 6.61 Å². The van der Waals surface area contributed by atoms with Crippen LogP contribution in [0, 0.1) is 5.92 Å². The molecule has 0 aliphatic carbocycles. The van der Waals surface area contributed by atoms with Gasteiger partial charge in [0.1, 0.15) is 11.5 Å². The summed E-state index contributed by atoms with van der Waals surface area (Å²) in [5.74, 6) is -2.29. The van der Waals surface area contributed by atoms with Crippen LogP contribution in [0.2, 0.25) is 0 Å². The van der Waals surface area contributed by atoms with Gasteiger partial charge in [-0.05, 0) is 45.6 Å². The highest BCUT2D eigenvalue weighted by atomic mass is 16.7. The zero-order valence-electron chi connectivity index (χ0n) is 17.7. The van der Waals surface area contributed by atoms with Crippen LogP contribution in [0.25, 0.3) is 0 Å². The molecule has 0 bridgehead atoms. The minimum Gasteiger partial charge on any atom is -0.444 e. The molecule has 1 amide bonds. The number of Topliss-reactive ketones (excluding diaryl/α,β-unsaturated/α-hetero) is 1. The Morgan fingerprint density at radius 2 is 1.90 bits per heavy atom. The van der Waals surface area contributed by atoms with E-state index >= 15 is 0 Å². The molecule has 8 nitrogen and oxygen atoms in total. The third-order valence-corrected chi connectivity index (χ3v) is 5.21. The van der Waals surface area contributed by atoms with E-state index in [1.165, 1.54) is 4.90 Å². The van der Waals surface area contributed by atoms with Gasteiger partial charge in [-0.3, -0.25) is 14.5 Å². The number of cyclic esters (lactones) is 1. The van der Waals surface area contributed by atoms with Gasteiger partial charge < -0.3 is 19.9 Å².